The van der Waals surface area contributed by atoms with Crippen molar-refractivity contribution in [3.05, 3.63) is 23.8 Å². The molecule has 0 saturated heterocycles. The van der Waals surface area contributed by atoms with Crippen LogP contribution in [0.15, 0.2) is 18.2 Å². The summed E-state index contributed by atoms with van der Waals surface area (Å²) >= 11 is 0. The van der Waals surface area contributed by atoms with Crippen molar-refractivity contribution in [2.75, 3.05) is 5.73 Å². The van der Waals surface area contributed by atoms with Crippen LogP contribution in [-0.2, 0) is 6.42 Å². The van der Waals surface area contributed by atoms with Gasteiger partial charge in [0, 0.05) is 0 Å². The van der Waals surface area contributed by atoms with Crippen molar-refractivity contribution in [2.45, 2.75) is 39.0 Å². The van der Waals surface area contributed by atoms with Crippen molar-refractivity contribution >= 4 is 5.69 Å². The minimum Gasteiger partial charge on any atom is -0.506 e. The van der Waals surface area contributed by atoms with Gasteiger partial charge in [-0.1, -0.05) is 32.3 Å². The van der Waals surface area contributed by atoms with E-state index in [2.05, 4.69) is 6.92 Å². The molecule has 0 fully saturated rings. The second kappa shape index (κ2) is 5.53. The van der Waals surface area contributed by atoms with Gasteiger partial charge in [-0.15, -0.1) is 0 Å². The lowest BCUT2D eigenvalue weighted by atomic mass is 10.1. The van der Waals surface area contributed by atoms with Gasteiger partial charge in [0.15, 0.2) is 0 Å². The van der Waals surface area contributed by atoms with Crippen LogP contribution in [0.1, 0.15) is 38.2 Å². The van der Waals surface area contributed by atoms with Crippen LogP contribution in [0.2, 0.25) is 0 Å². The highest BCUT2D eigenvalue weighted by molar-refractivity contribution is 5.53. The van der Waals surface area contributed by atoms with Gasteiger partial charge in [0.25, 0.3) is 0 Å². The standard InChI is InChI=1S/C12H19NO/c1-2-3-4-5-6-10-7-8-12(14)11(13)9-10/h7-9,14H,2-6,13H2,1H3. The number of rotatable bonds is 5. The van der Waals surface area contributed by atoms with Crippen LogP contribution in [0.5, 0.6) is 5.75 Å². The lowest BCUT2D eigenvalue weighted by molar-refractivity contribution is 0.477. The first-order valence-electron chi connectivity index (χ1n) is 5.31. The molecule has 1 aromatic rings. The topological polar surface area (TPSA) is 46.2 Å². The monoisotopic (exact) mass is 193 g/mol. The van der Waals surface area contributed by atoms with E-state index in [4.69, 9.17) is 5.73 Å². The van der Waals surface area contributed by atoms with Gasteiger partial charge in [-0.3, -0.25) is 0 Å². The molecule has 0 bridgehead atoms. The maximum Gasteiger partial charge on any atom is 0.138 e. The van der Waals surface area contributed by atoms with Crippen LogP contribution >= 0.6 is 0 Å². The van der Waals surface area contributed by atoms with Crippen molar-refractivity contribution in [3.63, 3.8) is 0 Å². The molecule has 14 heavy (non-hydrogen) atoms. The third kappa shape index (κ3) is 3.29. The van der Waals surface area contributed by atoms with Gasteiger partial charge >= 0.3 is 0 Å². The number of benzene rings is 1. The van der Waals surface area contributed by atoms with Crippen molar-refractivity contribution in [3.8, 4) is 5.75 Å². The molecule has 2 heteroatoms. The Morgan fingerprint density at radius 3 is 2.64 bits per heavy atom. The Bertz CT molecular complexity index is 284. The average molecular weight is 193 g/mol. The molecule has 1 rings (SSSR count). The summed E-state index contributed by atoms with van der Waals surface area (Å²) in [6.45, 7) is 2.21. The number of nitrogens with two attached hydrogens (primary N) is 1. The highest BCUT2D eigenvalue weighted by atomic mass is 16.3. The van der Waals surface area contributed by atoms with Crippen LogP contribution in [0.4, 0.5) is 5.69 Å². The molecule has 0 atom stereocenters. The molecule has 2 nitrogen and oxygen atoms in total. The molecular weight excluding hydrogens is 174 g/mol. The molecule has 0 aliphatic rings. The number of aromatic hydroxyl groups is 1. The summed E-state index contributed by atoms with van der Waals surface area (Å²) in [7, 11) is 0. The van der Waals surface area contributed by atoms with E-state index in [1.165, 1.54) is 31.2 Å². The zero-order chi connectivity index (χ0) is 10.4. The highest BCUT2D eigenvalue weighted by Gasteiger charge is 1.98. The molecule has 0 aliphatic heterocycles. The largest absolute Gasteiger partial charge is 0.506 e. The van der Waals surface area contributed by atoms with E-state index in [9.17, 15) is 5.11 Å². The van der Waals surface area contributed by atoms with Gasteiger partial charge in [-0.2, -0.15) is 0 Å². The molecule has 0 heterocycles. The molecule has 78 valence electrons. The second-order valence-corrected chi connectivity index (χ2v) is 3.70. The van der Waals surface area contributed by atoms with Gasteiger partial charge in [-0.25, -0.2) is 0 Å². The molecule has 0 aromatic heterocycles. The quantitative estimate of drug-likeness (QED) is 0.429. The third-order valence-electron chi connectivity index (χ3n) is 2.41. The summed E-state index contributed by atoms with van der Waals surface area (Å²) < 4.78 is 0. The Balaban J connectivity index is 2.39. The predicted molar refractivity (Wildman–Crippen MR) is 60.4 cm³/mol. The SMILES string of the molecule is CCCCCCc1ccc(O)c(N)c1. The molecule has 3 N–H and O–H groups in total. The normalized spacial score (nSPS) is 10.4. The van der Waals surface area contributed by atoms with E-state index in [1.807, 2.05) is 12.1 Å². The average Bonchev–Trinajstić information content (AvgIpc) is 2.18. The summed E-state index contributed by atoms with van der Waals surface area (Å²) in [6, 6.07) is 5.48. The first kappa shape index (κ1) is 10.9. The van der Waals surface area contributed by atoms with Crippen molar-refractivity contribution in [2.24, 2.45) is 0 Å². The number of hydrogen-bond acceptors (Lipinski definition) is 2. The minimum atomic E-state index is 0.183. The van der Waals surface area contributed by atoms with Crippen molar-refractivity contribution < 1.29 is 5.11 Å². The van der Waals surface area contributed by atoms with E-state index >= 15 is 0 Å². The molecule has 0 spiro atoms. The number of hydrogen-bond donors (Lipinski definition) is 2. The Kier molecular flexibility index (Phi) is 4.30. The highest BCUT2D eigenvalue weighted by Crippen LogP contribution is 2.21. The smallest absolute Gasteiger partial charge is 0.138 e. The van der Waals surface area contributed by atoms with Crippen molar-refractivity contribution in [1.29, 1.82) is 0 Å². The molecule has 0 radical (unpaired) electrons. The summed E-state index contributed by atoms with van der Waals surface area (Å²) in [5.41, 5.74) is 7.30. The fraction of sp³-hybridized carbons (Fsp3) is 0.500. The van der Waals surface area contributed by atoms with Crippen LogP contribution in [0, 0.1) is 0 Å². The zero-order valence-electron chi connectivity index (χ0n) is 8.79. The first-order valence-corrected chi connectivity index (χ1v) is 5.31. The number of unbranched alkanes of at least 4 members (excludes halogenated alkanes) is 3. The first-order chi connectivity index (χ1) is 6.74. The van der Waals surface area contributed by atoms with Crippen LogP contribution in [0.3, 0.4) is 0 Å². The zero-order valence-corrected chi connectivity index (χ0v) is 8.79. The third-order valence-corrected chi connectivity index (χ3v) is 2.41. The fourth-order valence-electron chi connectivity index (χ4n) is 1.52. The maximum absolute atomic E-state index is 9.23. The Morgan fingerprint density at radius 2 is 2.00 bits per heavy atom. The Morgan fingerprint density at radius 1 is 1.21 bits per heavy atom. The fourth-order valence-corrected chi connectivity index (χ4v) is 1.52. The number of phenolic OH excluding ortho intramolecular Hbond substituents is 1. The van der Waals surface area contributed by atoms with Gasteiger partial charge in [-0.05, 0) is 30.5 Å². The van der Waals surface area contributed by atoms with Crippen molar-refractivity contribution in [1.82, 2.24) is 0 Å². The van der Waals surface area contributed by atoms with E-state index in [1.54, 1.807) is 6.07 Å². The molecule has 0 unspecified atom stereocenters. The minimum absolute atomic E-state index is 0.183. The van der Waals surface area contributed by atoms with Gasteiger partial charge in [0.1, 0.15) is 5.75 Å². The van der Waals surface area contributed by atoms with Crippen LogP contribution < -0.4 is 5.73 Å². The maximum atomic E-state index is 9.23. The molecule has 0 saturated carbocycles. The van der Waals surface area contributed by atoms with E-state index in [-0.39, 0.29) is 5.75 Å². The number of anilines is 1. The Hall–Kier alpha value is -1.18. The summed E-state index contributed by atoms with van der Waals surface area (Å²) in [5, 5.41) is 9.23. The van der Waals surface area contributed by atoms with E-state index in [0.29, 0.717) is 5.69 Å². The van der Waals surface area contributed by atoms with Gasteiger partial charge in [0.05, 0.1) is 5.69 Å². The predicted octanol–water partition coefficient (Wildman–Crippen LogP) is 3.10. The van der Waals surface area contributed by atoms with Gasteiger partial charge in [0.2, 0.25) is 0 Å². The van der Waals surface area contributed by atoms with E-state index < -0.39 is 0 Å². The number of aryl methyl sites for hydroxylation is 1. The number of phenols is 1. The number of nitrogen functional groups attached to an aromatic ring is 1. The molecular formula is C12H19NO. The van der Waals surface area contributed by atoms with E-state index in [0.717, 1.165) is 6.42 Å². The molecule has 1 aromatic carbocycles. The summed E-state index contributed by atoms with van der Waals surface area (Å²) in [4.78, 5) is 0. The summed E-state index contributed by atoms with van der Waals surface area (Å²) in [6.07, 6.45) is 6.10. The van der Waals surface area contributed by atoms with Crippen LogP contribution in [0.25, 0.3) is 0 Å². The summed E-state index contributed by atoms with van der Waals surface area (Å²) in [5.74, 6) is 0.183. The lowest BCUT2D eigenvalue weighted by Gasteiger charge is -2.03. The molecule has 0 aliphatic carbocycles. The lowest BCUT2D eigenvalue weighted by Crippen LogP contribution is -1.90. The Labute approximate surface area is 85.8 Å². The van der Waals surface area contributed by atoms with Gasteiger partial charge < -0.3 is 10.8 Å². The molecule has 0 amide bonds. The van der Waals surface area contributed by atoms with Crippen LogP contribution in [-0.4, -0.2) is 5.11 Å². The second-order valence-electron chi connectivity index (χ2n) is 3.70.